The number of hydrogen-bond donors (Lipinski definition) is 2. The van der Waals surface area contributed by atoms with Crippen molar-refractivity contribution in [3.63, 3.8) is 0 Å². The highest BCUT2D eigenvalue weighted by atomic mass is 32.2. The van der Waals surface area contributed by atoms with Gasteiger partial charge in [0.2, 0.25) is 15.9 Å². The van der Waals surface area contributed by atoms with Gasteiger partial charge in [0.1, 0.15) is 5.01 Å². The molecule has 1 aromatic carbocycles. The lowest BCUT2D eigenvalue weighted by Crippen LogP contribution is -2.11. The SMILES string of the molecule is CC(=O)Nc1ccc(-c2ccccn2)c(C)c1-c1nc(C)c(S(N)(=O)=O)s1. The number of thiazole rings is 1. The van der Waals surface area contributed by atoms with Crippen LogP contribution in [0, 0.1) is 13.8 Å². The average molecular weight is 403 g/mol. The largest absolute Gasteiger partial charge is 0.326 e. The third kappa shape index (κ3) is 3.90. The highest BCUT2D eigenvalue weighted by Crippen LogP contribution is 2.40. The van der Waals surface area contributed by atoms with Crippen LogP contribution in [0.25, 0.3) is 21.8 Å². The number of nitrogens with two attached hydrogens (primary N) is 1. The standard InChI is InChI=1S/C18H18N4O3S2/c1-10-13(14-6-4-5-9-20-14)7-8-15(22-12(3)23)16(10)17-21-11(2)18(26-17)27(19,24)25/h4-9H,1-3H3,(H,22,23)(H2,19,24,25). The number of aryl methyl sites for hydroxylation is 1. The molecule has 140 valence electrons. The number of hydrogen-bond acceptors (Lipinski definition) is 6. The number of aromatic nitrogens is 2. The lowest BCUT2D eigenvalue weighted by atomic mass is 9.98. The van der Waals surface area contributed by atoms with Gasteiger partial charge in [0, 0.05) is 24.2 Å². The number of sulfonamides is 1. The van der Waals surface area contributed by atoms with Crippen molar-refractivity contribution in [3.05, 3.63) is 47.8 Å². The van der Waals surface area contributed by atoms with E-state index in [-0.39, 0.29) is 10.1 Å². The second kappa shape index (κ2) is 7.18. The summed E-state index contributed by atoms with van der Waals surface area (Å²) < 4.78 is 23.6. The first-order valence-corrected chi connectivity index (χ1v) is 10.4. The van der Waals surface area contributed by atoms with Gasteiger partial charge in [-0.05, 0) is 37.6 Å². The summed E-state index contributed by atoms with van der Waals surface area (Å²) in [6.45, 7) is 4.89. The molecule has 0 spiro atoms. The van der Waals surface area contributed by atoms with Crippen molar-refractivity contribution in [1.82, 2.24) is 9.97 Å². The number of pyridine rings is 1. The van der Waals surface area contributed by atoms with Crippen molar-refractivity contribution in [3.8, 4) is 21.8 Å². The molecule has 3 rings (SSSR count). The van der Waals surface area contributed by atoms with Crippen LogP contribution in [-0.2, 0) is 14.8 Å². The van der Waals surface area contributed by atoms with Gasteiger partial charge in [-0.1, -0.05) is 12.1 Å². The fourth-order valence-electron chi connectivity index (χ4n) is 2.83. The predicted molar refractivity (Wildman–Crippen MR) is 106 cm³/mol. The average Bonchev–Trinajstić information content (AvgIpc) is 2.97. The maximum atomic E-state index is 11.8. The lowest BCUT2D eigenvalue weighted by Gasteiger charge is -2.15. The van der Waals surface area contributed by atoms with Crippen LogP contribution in [0.1, 0.15) is 18.2 Å². The molecule has 3 aromatic rings. The number of amides is 1. The van der Waals surface area contributed by atoms with Gasteiger partial charge >= 0.3 is 0 Å². The minimum absolute atomic E-state index is 0.00825. The van der Waals surface area contributed by atoms with Gasteiger partial charge in [-0.2, -0.15) is 0 Å². The highest BCUT2D eigenvalue weighted by molar-refractivity contribution is 7.91. The summed E-state index contributed by atoms with van der Waals surface area (Å²) >= 11 is 0.983. The number of benzene rings is 1. The number of rotatable bonds is 4. The summed E-state index contributed by atoms with van der Waals surface area (Å²) in [5, 5.41) is 8.54. The van der Waals surface area contributed by atoms with Crippen LogP contribution in [0.15, 0.2) is 40.7 Å². The van der Waals surface area contributed by atoms with Gasteiger partial charge in [0.25, 0.3) is 0 Å². The van der Waals surface area contributed by atoms with Gasteiger partial charge < -0.3 is 5.32 Å². The second-order valence-electron chi connectivity index (χ2n) is 5.99. The summed E-state index contributed by atoms with van der Waals surface area (Å²) in [6, 6.07) is 9.23. The normalized spacial score (nSPS) is 11.4. The molecule has 0 atom stereocenters. The summed E-state index contributed by atoms with van der Waals surface area (Å²) in [7, 11) is -3.88. The van der Waals surface area contributed by atoms with Crippen molar-refractivity contribution in [2.75, 3.05) is 5.32 Å². The van der Waals surface area contributed by atoms with E-state index < -0.39 is 10.0 Å². The van der Waals surface area contributed by atoms with Crippen molar-refractivity contribution in [2.45, 2.75) is 25.0 Å². The van der Waals surface area contributed by atoms with Crippen molar-refractivity contribution < 1.29 is 13.2 Å². The Morgan fingerprint density at radius 1 is 1.19 bits per heavy atom. The summed E-state index contributed by atoms with van der Waals surface area (Å²) in [4.78, 5) is 20.4. The first kappa shape index (κ1) is 19.2. The van der Waals surface area contributed by atoms with Gasteiger partial charge in [0.05, 0.1) is 17.1 Å². The molecule has 0 saturated carbocycles. The Balaban J connectivity index is 2.27. The van der Waals surface area contributed by atoms with Crippen LogP contribution in [0.2, 0.25) is 0 Å². The molecule has 0 aliphatic rings. The van der Waals surface area contributed by atoms with E-state index in [0.717, 1.165) is 28.2 Å². The van der Waals surface area contributed by atoms with Gasteiger partial charge in [0.15, 0.2) is 4.21 Å². The molecular formula is C18H18N4O3S2. The Labute approximate surface area is 161 Å². The van der Waals surface area contributed by atoms with Crippen LogP contribution < -0.4 is 10.5 Å². The van der Waals surface area contributed by atoms with E-state index in [2.05, 4.69) is 15.3 Å². The molecule has 2 heterocycles. The second-order valence-corrected chi connectivity index (χ2v) is 8.75. The van der Waals surface area contributed by atoms with E-state index in [1.54, 1.807) is 19.2 Å². The Kier molecular flexibility index (Phi) is 5.09. The predicted octanol–water partition coefficient (Wildman–Crippen LogP) is 3.09. The third-order valence-corrected chi connectivity index (χ3v) is 6.67. The number of carbonyl (C=O) groups is 1. The lowest BCUT2D eigenvalue weighted by molar-refractivity contribution is -0.114. The number of anilines is 1. The van der Waals surface area contributed by atoms with E-state index in [1.165, 1.54) is 6.92 Å². The highest BCUT2D eigenvalue weighted by Gasteiger charge is 2.22. The van der Waals surface area contributed by atoms with E-state index in [0.29, 0.717) is 22.0 Å². The minimum atomic E-state index is -3.88. The molecule has 0 aliphatic heterocycles. The fourth-order valence-corrected chi connectivity index (χ4v) is 4.91. The fraction of sp³-hybridized carbons (Fsp3) is 0.167. The van der Waals surface area contributed by atoms with E-state index in [1.807, 2.05) is 31.2 Å². The molecule has 2 aromatic heterocycles. The molecule has 9 heteroatoms. The minimum Gasteiger partial charge on any atom is -0.326 e. The maximum absolute atomic E-state index is 11.8. The number of carbonyl (C=O) groups excluding carboxylic acids is 1. The van der Waals surface area contributed by atoms with E-state index in [9.17, 15) is 13.2 Å². The molecule has 0 saturated heterocycles. The quantitative estimate of drug-likeness (QED) is 0.696. The van der Waals surface area contributed by atoms with Crippen LogP contribution in [0.4, 0.5) is 5.69 Å². The monoisotopic (exact) mass is 402 g/mol. The third-order valence-electron chi connectivity index (χ3n) is 3.94. The molecule has 0 bridgehead atoms. The Bertz CT molecular complexity index is 1120. The van der Waals surface area contributed by atoms with Crippen LogP contribution in [0.5, 0.6) is 0 Å². The number of primary sulfonamides is 1. The van der Waals surface area contributed by atoms with Crippen molar-refractivity contribution >= 4 is 33.0 Å². The molecule has 0 fully saturated rings. The zero-order chi connectivity index (χ0) is 19.8. The number of nitrogens with one attached hydrogen (secondary N) is 1. The smallest absolute Gasteiger partial charge is 0.249 e. The topological polar surface area (TPSA) is 115 Å². The molecule has 3 N–H and O–H groups in total. The summed E-state index contributed by atoms with van der Waals surface area (Å²) in [6.07, 6.45) is 1.70. The van der Waals surface area contributed by atoms with Gasteiger partial charge in [-0.3, -0.25) is 9.78 Å². The van der Waals surface area contributed by atoms with Crippen molar-refractivity contribution in [1.29, 1.82) is 0 Å². The molecule has 0 radical (unpaired) electrons. The van der Waals surface area contributed by atoms with Gasteiger partial charge in [-0.15, -0.1) is 11.3 Å². The molecule has 7 nitrogen and oxygen atoms in total. The molecule has 1 amide bonds. The molecule has 0 aliphatic carbocycles. The van der Waals surface area contributed by atoms with E-state index >= 15 is 0 Å². The van der Waals surface area contributed by atoms with E-state index in [4.69, 9.17) is 5.14 Å². The molecular weight excluding hydrogens is 384 g/mol. The summed E-state index contributed by atoms with van der Waals surface area (Å²) in [5.41, 5.74) is 3.99. The Morgan fingerprint density at radius 2 is 1.93 bits per heavy atom. The molecule has 27 heavy (non-hydrogen) atoms. The Hall–Kier alpha value is -2.62. The summed E-state index contributed by atoms with van der Waals surface area (Å²) in [5.74, 6) is -0.235. The first-order chi connectivity index (χ1) is 12.7. The maximum Gasteiger partial charge on any atom is 0.249 e. The van der Waals surface area contributed by atoms with Crippen LogP contribution >= 0.6 is 11.3 Å². The number of nitrogens with zero attached hydrogens (tertiary/aromatic N) is 2. The Morgan fingerprint density at radius 3 is 2.48 bits per heavy atom. The van der Waals surface area contributed by atoms with Crippen LogP contribution in [0.3, 0.4) is 0 Å². The van der Waals surface area contributed by atoms with Crippen LogP contribution in [-0.4, -0.2) is 24.3 Å². The first-order valence-electron chi connectivity index (χ1n) is 8.01. The molecule has 0 unspecified atom stereocenters. The van der Waals surface area contributed by atoms with Gasteiger partial charge in [-0.25, -0.2) is 18.5 Å². The van der Waals surface area contributed by atoms with Crippen molar-refractivity contribution in [2.24, 2.45) is 5.14 Å². The zero-order valence-electron chi connectivity index (χ0n) is 15.0. The zero-order valence-corrected chi connectivity index (χ0v) is 16.6.